The molecule has 1 unspecified atom stereocenters. The maximum absolute atomic E-state index is 13.7. The number of H-pyrrole nitrogens is 1. The number of aromatic amines is 1. The van der Waals surface area contributed by atoms with E-state index in [9.17, 15) is 9.50 Å². The zero-order valence-electron chi connectivity index (χ0n) is 12.5. The molecule has 1 aromatic heterocycles. The van der Waals surface area contributed by atoms with Gasteiger partial charge in [-0.2, -0.15) is 5.26 Å². The summed E-state index contributed by atoms with van der Waals surface area (Å²) in [7, 11) is 0. The van der Waals surface area contributed by atoms with Gasteiger partial charge in [0.1, 0.15) is 5.82 Å². The summed E-state index contributed by atoms with van der Waals surface area (Å²) in [5.74, 6) is 0.326. The summed E-state index contributed by atoms with van der Waals surface area (Å²) in [6.45, 7) is 0. The van der Waals surface area contributed by atoms with Gasteiger partial charge in [0, 0.05) is 5.75 Å². The normalized spacial score (nSPS) is 11.9. The summed E-state index contributed by atoms with van der Waals surface area (Å²) in [6, 6.07) is 15.1. The van der Waals surface area contributed by atoms with E-state index in [0.29, 0.717) is 33.4 Å². The molecule has 3 aromatic rings. The molecule has 0 bridgehead atoms. The highest BCUT2D eigenvalue weighted by molar-refractivity contribution is 7.99. The molecule has 0 aliphatic heterocycles. The van der Waals surface area contributed by atoms with Crippen molar-refractivity contribution in [3.05, 3.63) is 65.5 Å². The van der Waals surface area contributed by atoms with Crippen LogP contribution in [0.3, 0.4) is 0 Å². The van der Waals surface area contributed by atoms with Crippen molar-refractivity contribution in [1.29, 1.82) is 5.26 Å². The smallest absolute Gasteiger partial charge is 0.208 e. The summed E-state index contributed by atoms with van der Waals surface area (Å²) < 4.78 is 13.7. The van der Waals surface area contributed by atoms with Gasteiger partial charge in [0.2, 0.25) is 5.16 Å². The summed E-state index contributed by atoms with van der Waals surface area (Å²) in [4.78, 5) is 4.24. The van der Waals surface area contributed by atoms with Gasteiger partial charge >= 0.3 is 0 Å². The molecule has 2 N–H and O–H groups in total. The molecule has 1 heterocycles. The van der Waals surface area contributed by atoms with Crippen LogP contribution in [0.25, 0.3) is 11.4 Å². The van der Waals surface area contributed by atoms with E-state index in [1.54, 1.807) is 42.5 Å². The molecular weight excluding hydrogens is 327 g/mol. The van der Waals surface area contributed by atoms with Crippen LogP contribution in [0.15, 0.2) is 53.7 Å². The molecule has 0 fully saturated rings. The molecule has 1 atom stereocenters. The first kappa shape index (κ1) is 16.2. The highest BCUT2D eigenvalue weighted by Crippen LogP contribution is 2.25. The number of nitrogens with zero attached hydrogens (tertiary/aromatic N) is 3. The Balaban J connectivity index is 1.65. The minimum Gasteiger partial charge on any atom is -0.388 e. The molecule has 120 valence electrons. The summed E-state index contributed by atoms with van der Waals surface area (Å²) in [5.41, 5.74) is 1.61. The average molecular weight is 340 g/mol. The van der Waals surface area contributed by atoms with E-state index >= 15 is 0 Å². The van der Waals surface area contributed by atoms with Gasteiger partial charge in [-0.1, -0.05) is 36.0 Å². The average Bonchev–Trinajstić information content (AvgIpc) is 3.09. The van der Waals surface area contributed by atoms with Crippen molar-refractivity contribution < 1.29 is 9.50 Å². The second kappa shape index (κ2) is 7.25. The number of aliphatic hydroxyl groups excluding tert-OH is 1. The molecule has 0 aliphatic carbocycles. The van der Waals surface area contributed by atoms with Crippen molar-refractivity contribution in [2.75, 3.05) is 5.75 Å². The number of hydrogen-bond acceptors (Lipinski definition) is 5. The van der Waals surface area contributed by atoms with Crippen molar-refractivity contribution in [3.8, 4) is 17.5 Å². The Morgan fingerprint density at radius 1 is 1.21 bits per heavy atom. The van der Waals surface area contributed by atoms with E-state index < -0.39 is 6.10 Å². The number of rotatable bonds is 5. The van der Waals surface area contributed by atoms with Gasteiger partial charge < -0.3 is 5.11 Å². The summed E-state index contributed by atoms with van der Waals surface area (Å²) in [5, 5.41) is 26.1. The first-order chi connectivity index (χ1) is 11.7. The number of benzene rings is 2. The van der Waals surface area contributed by atoms with E-state index in [4.69, 9.17) is 5.26 Å². The number of nitrogens with one attached hydrogen (secondary N) is 1. The molecule has 0 amide bonds. The Kier molecular flexibility index (Phi) is 4.89. The number of hydrogen-bond donors (Lipinski definition) is 2. The topological polar surface area (TPSA) is 85.6 Å². The fraction of sp³-hybridized carbons (Fsp3) is 0.118. The van der Waals surface area contributed by atoms with Gasteiger partial charge in [-0.25, -0.2) is 9.37 Å². The van der Waals surface area contributed by atoms with E-state index in [1.165, 1.54) is 17.8 Å². The zero-order valence-corrected chi connectivity index (χ0v) is 13.3. The van der Waals surface area contributed by atoms with Crippen LogP contribution in [0.2, 0.25) is 0 Å². The molecule has 3 rings (SSSR count). The SMILES string of the molecule is N#Cc1ccc(C(O)CSc2n[nH]c(-c3ccccc3F)n2)cc1. The molecule has 0 saturated carbocycles. The number of nitriles is 1. The standard InChI is InChI=1S/C17H13FN4OS/c18-14-4-2-1-3-13(14)16-20-17(22-21-16)24-10-15(23)12-7-5-11(9-19)6-8-12/h1-8,15,23H,10H2,(H,20,21,22). The van der Waals surface area contributed by atoms with Gasteiger partial charge in [-0.05, 0) is 29.8 Å². The molecule has 24 heavy (non-hydrogen) atoms. The quantitative estimate of drug-likeness (QED) is 0.696. The van der Waals surface area contributed by atoms with Crippen LogP contribution in [0, 0.1) is 17.1 Å². The summed E-state index contributed by atoms with van der Waals surface area (Å²) >= 11 is 1.26. The Morgan fingerprint density at radius 2 is 1.96 bits per heavy atom. The second-order valence-electron chi connectivity index (χ2n) is 5.01. The molecule has 2 aromatic carbocycles. The first-order valence-corrected chi connectivity index (χ1v) is 8.14. The third-order valence-corrected chi connectivity index (χ3v) is 4.31. The maximum atomic E-state index is 13.7. The van der Waals surface area contributed by atoms with Crippen LogP contribution in [-0.2, 0) is 0 Å². The van der Waals surface area contributed by atoms with Crippen molar-refractivity contribution in [2.45, 2.75) is 11.3 Å². The Morgan fingerprint density at radius 3 is 2.67 bits per heavy atom. The highest BCUT2D eigenvalue weighted by Gasteiger charge is 2.13. The summed E-state index contributed by atoms with van der Waals surface area (Å²) in [6.07, 6.45) is -0.710. The second-order valence-corrected chi connectivity index (χ2v) is 5.99. The lowest BCUT2D eigenvalue weighted by Gasteiger charge is -2.09. The lowest BCUT2D eigenvalue weighted by Crippen LogP contribution is -2.00. The van der Waals surface area contributed by atoms with E-state index in [-0.39, 0.29) is 5.82 Å². The number of aliphatic hydroxyl groups is 1. The lowest BCUT2D eigenvalue weighted by molar-refractivity contribution is 0.204. The van der Waals surface area contributed by atoms with Crippen LogP contribution >= 0.6 is 11.8 Å². The number of aromatic nitrogens is 3. The van der Waals surface area contributed by atoms with Crippen LogP contribution < -0.4 is 0 Å². The third kappa shape index (κ3) is 3.62. The van der Waals surface area contributed by atoms with E-state index in [1.807, 2.05) is 6.07 Å². The maximum Gasteiger partial charge on any atom is 0.208 e. The molecule has 0 spiro atoms. The van der Waals surface area contributed by atoms with Crippen LogP contribution in [-0.4, -0.2) is 26.0 Å². The fourth-order valence-corrected chi connectivity index (χ4v) is 2.88. The van der Waals surface area contributed by atoms with E-state index in [0.717, 1.165) is 0 Å². The van der Waals surface area contributed by atoms with Crippen molar-refractivity contribution in [2.24, 2.45) is 0 Å². The third-order valence-electron chi connectivity index (χ3n) is 3.39. The van der Waals surface area contributed by atoms with Crippen molar-refractivity contribution in [3.63, 3.8) is 0 Å². The zero-order chi connectivity index (χ0) is 16.9. The molecule has 0 aliphatic rings. The Hall–Kier alpha value is -2.69. The predicted octanol–water partition coefficient (Wildman–Crippen LogP) is 3.31. The van der Waals surface area contributed by atoms with Crippen molar-refractivity contribution in [1.82, 2.24) is 15.2 Å². The van der Waals surface area contributed by atoms with Gasteiger partial charge in [0.15, 0.2) is 5.82 Å². The minimum absolute atomic E-state index is 0.348. The van der Waals surface area contributed by atoms with Gasteiger partial charge in [-0.15, -0.1) is 5.10 Å². The van der Waals surface area contributed by atoms with Crippen LogP contribution in [0.1, 0.15) is 17.2 Å². The lowest BCUT2D eigenvalue weighted by atomic mass is 10.1. The minimum atomic E-state index is -0.710. The van der Waals surface area contributed by atoms with Gasteiger partial charge in [0.05, 0.1) is 23.3 Å². The van der Waals surface area contributed by atoms with Crippen molar-refractivity contribution >= 4 is 11.8 Å². The number of thioether (sulfide) groups is 1. The van der Waals surface area contributed by atoms with Gasteiger partial charge in [-0.3, -0.25) is 5.10 Å². The molecule has 0 saturated heterocycles. The predicted molar refractivity (Wildman–Crippen MR) is 88.6 cm³/mol. The molecule has 7 heteroatoms. The largest absolute Gasteiger partial charge is 0.388 e. The fourth-order valence-electron chi connectivity index (χ4n) is 2.11. The van der Waals surface area contributed by atoms with E-state index in [2.05, 4.69) is 15.2 Å². The number of halogens is 1. The molecule has 5 nitrogen and oxygen atoms in total. The van der Waals surface area contributed by atoms with Gasteiger partial charge in [0.25, 0.3) is 0 Å². The Labute approximate surface area is 142 Å². The first-order valence-electron chi connectivity index (χ1n) is 7.15. The molecular formula is C17H13FN4OS. The van der Waals surface area contributed by atoms with Crippen LogP contribution in [0.4, 0.5) is 4.39 Å². The monoisotopic (exact) mass is 340 g/mol. The van der Waals surface area contributed by atoms with Crippen LogP contribution in [0.5, 0.6) is 0 Å². The highest BCUT2D eigenvalue weighted by atomic mass is 32.2. The molecule has 0 radical (unpaired) electrons. The Bertz CT molecular complexity index is 873.